The minimum absolute atomic E-state index is 0.0193. The van der Waals surface area contributed by atoms with Crippen molar-refractivity contribution < 1.29 is 31.0 Å². The topological polar surface area (TPSA) is 157 Å². The number of ether oxygens (including phenoxy) is 1. The van der Waals surface area contributed by atoms with Crippen LogP contribution in [0.1, 0.15) is 58.3 Å². The Hall–Kier alpha value is -1.63. The highest BCUT2D eigenvalue weighted by molar-refractivity contribution is 7.90. The normalized spacial score (nSPS) is 28.1. The highest BCUT2D eigenvalue weighted by atomic mass is 32.2. The van der Waals surface area contributed by atoms with Gasteiger partial charge in [0.25, 0.3) is 16.0 Å². The zero-order valence-corrected chi connectivity index (χ0v) is 27.1. The molecule has 1 aromatic rings. The van der Waals surface area contributed by atoms with Crippen molar-refractivity contribution >= 4 is 32.7 Å². The average molecular weight is 590 g/mol. The summed E-state index contributed by atoms with van der Waals surface area (Å²) in [5.41, 5.74) is 4.81. The van der Waals surface area contributed by atoms with Crippen molar-refractivity contribution in [1.82, 2.24) is 20.3 Å². The van der Waals surface area contributed by atoms with E-state index >= 15 is 0 Å². The van der Waals surface area contributed by atoms with Crippen molar-refractivity contribution in [3.8, 4) is 0 Å². The van der Waals surface area contributed by atoms with Crippen LogP contribution >= 0.6 is 0 Å². The number of hydrogen-bond acceptors (Lipinski definition) is 10. The van der Waals surface area contributed by atoms with E-state index in [9.17, 15) is 13.2 Å². The molecule has 1 saturated heterocycles. The predicted molar refractivity (Wildman–Crippen MR) is 148 cm³/mol. The molecular weight excluding hydrogens is 547 g/mol. The van der Waals surface area contributed by atoms with E-state index in [2.05, 4.69) is 70.3 Å². The van der Waals surface area contributed by atoms with Crippen molar-refractivity contribution in [3.63, 3.8) is 0 Å². The lowest BCUT2D eigenvalue weighted by atomic mass is 9.89. The van der Waals surface area contributed by atoms with E-state index in [1.165, 1.54) is 17.9 Å². The van der Waals surface area contributed by atoms with Crippen molar-refractivity contribution in [2.24, 2.45) is 5.73 Å². The van der Waals surface area contributed by atoms with Gasteiger partial charge in [0.15, 0.2) is 34.2 Å². The summed E-state index contributed by atoms with van der Waals surface area (Å²) in [5, 5.41) is 11.2. The summed E-state index contributed by atoms with van der Waals surface area (Å²) in [6.45, 7) is 20.8. The summed E-state index contributed by atoms with van der Waals surface area (Å²) in [6, 6.07) is 0. The number of nitrogens with zero attached hydrogens (tertiary/aromatic N) is 3. The number of amides is 1. The van der Waals surface area contributed by atoms with E-state index in [1.54, 1.807) is 0 Å². The van der Waals surface area contributed by atoms with Crippen LogP contribution in [0.4, 0.5) is 0 Å². The summed E-state index contributed by atoms with van der Waals surface area (Å²) in [6.07, 6.45) is -1.54. The molecule has 2 aliphatic heterocycles. The van der Waals surface area contributed by atoms with Crippen LogP contribution in [0.3, 0.4) is 0 Å². The number of nitrogens with two attached hydrogens (primary N) is 1. The second-order valence-corrected chi connectivity index (χ2v) is 23.9. The molecule has 3 N–H and O–H groups in total. The van der Waals surface area contributed by atoms with Crippen LogP contribution in [0.15, 0.2) is 17.3 Å². The van der Waals surface area contributed by atoms with E-state index in [1.807, 2.05) is 13.1 Å². The SMILES string of the molecule is CNC(=O)c1cn([C@@H]2OC(CO[Si](C)(C)C(C)(C)C)C3(OS(=O)(=O)C=C3N)[C@H]2O[Si](C)(C)C(C)(C)C)nn1. The Bertz CT molecular complexity index is 1200. The van der Waals surface area contributed by atoms with Crippen LogP contribution in [0, 0.1) is 0 Å². The Morgan fingerprint density at radius 3 is 2.21 bits per heavy atom. The monoisotopic (exact) mass is 589 g/mol. The average Bonchev–Trinajstić information content (AvgIpc) is 3.40. The molecule has 4 atom stereocenters. The van der Waals surface area contributed by atoms with Gasteiger partial charge < -0.3 is 24.6 Å². The first-order valence-electron chi connectivity index (χ1n) is 12.6. The van der Waals surface area contributed by atoms with Gasteiger partial charge in [-0.15, -0.1) is 5.10 Å². The van der Waals surface area contributed by atoms with Crippen molar-refractivity contribution in [2.75, 3.05) is 13.7 Å². The van der Waals surface area contributed by atoms with Crippen LogP contribution in [-0.4, -0.2) is 77.4 Å². The zero-order valence-electron chi connectivity index (χ0n) is 24.3. The van der Waals surface area contributed by atoms with E-state index in [0.717, 1.165) is 5.41 Å². The van der Waals surface area contributed by atoms with Gasteiger partial charge in [0.1, 0.15) is 12.2 Å². The highest BCUT2D eigenvalue weighted by Gasteiger charge is 2.67. The first-order chi connectivity index (χ1) is 17.1. The molecule has 216 valence electrons. The van der Waals surface area contributed by atoms with Crippen LogP contribution in [0.25, 0.3) is 0 Å². The lowest BCUT2D eigenvalue weighted by molar-refractivity contribution is -0.0595. The van der Waals surface area contributed by atoms with Gasteiger partial charge in [-0.2, -0.15) is 8.42 Å². The zero-order chi connectivity index (χ0) is 29.1. The maximum atomic E-state index is 12.8. The molecule has 38 heavy (non-hydrogen) atoms. The summed E-state index contributed by atoms with van der Waals surface area (Å²) in [5.74, 6) is -0.428. The van der Waals surface area contributed by atoms with Crippen LogP contribution in [-0.2, 0) is 27.9 Å². The molecule has 3 rings (SSSR count). The van der Waals surface area contributed by atoms with Crippen molar-refractivity contribution in [3.05, 3.63) is 23.0 Å². The third-order valence-electron chi connectivity index (χ3n) is 8.30. The second-order valence-electron chi connectivity index (χ2n) is 13.0. The van der Waals surface area contributed by atoms with E-state index in [-0.39, 0.29) is 28.1 Å². The lowest BCUT2D eigenvalue weighted by Crippen LogP contribution is -2.59. The molecule has 1 fully saturated rings. The van der Waals surface area contributed by atoms with Crippen LogP contribution in [0.2, 0.25) is 36.3 Å². The maximum Gasteiger partial charge on any atom is 0.292 e. The third kappa shape index (κ3) is 5.51. The fourth-order valence-electron chi connectivity index (χ4n) is 3.84. The van der Waals surface area contributed by atoms with Gasteiger partial charge in [-0.25, -0.2) is 8.86 Å². The summed E-state index contributed by atoms with van der Waals surface area (Å²) >= 11 is 0. The molecule has 0 bridgehead atoms. The van der Waals surface area contributed by atoms with E-state index in [4.69, 9.17) is 23.5 Å². The molecule has 3 heterocycles. The van der Waals surface area contributed by atoms with Crippen molar-refractivity contribution in [1.29, 1.82) is 0 Å². The molecule has 1 amide bonds. The lowest BCUT2D eigenvalue weighted by Gasteiger charge is -2.43. The van der Waals surface area contributed by atoms with Gasteiger partial charge in [0.05, 0.1) is 23.9 Å². The van der Waals surface area contributed by atoms with Gasteiger partial charge in [-0.3, -0.25) is 4.79 Å². The minimum Gasteiger partial charge on any atom is -0.414 e. The molecule has 0 aromatic carbocycles. The standard InChI is InChI=1S/C23H43N5O7SSi2/c1-21(2,3)37(8,9)32-13-17-23(16(24)14-36(30,31)35-23)18(34-38(10,11)22(4,5)6)20(33-17)28-12-15(26-27-28)19(29)25-7/h12,14,17-18,20H,13,24H2,1-11H3,(H,25,29)/t17?,18-,20+,23?/m0/s1. The predicted octanol–water partition coefficient (Wildman–Crippen LogP) is 2.85. The number of carbonyl (C=O) groups is 1. The number of rotatable bonds is 7. The Kier molecular flexibility index (Phi) is 7.95. The largest absolute Gasteiger partial charge is 0.414 e. The van der Waals surface area contributed by atoms with Crippen LogP contribution in [0.5, 0.6) is 0 Å². The van der Waals surface area contributed by atoms with Gasteiger partial charge >= 0.3 is 0 Å². The fraction of sp³-hybridized carbons (Fsp3) is 0.783. The minimum atomic E-state index is -4.13. The molecule has 12 nitrogen and oxygen atoms in total. The molecule has 0 radical (unpaired) electrons. The quantitative estimate of drug-likeness (QED) is 0.358. The smallest absolute Gasteiger partial charge is 0.292 e. The number of aromatic nitrogens is 3. The second kappa shape index (κ2) is 9.78. The number of hydrogen-bond donors (Lipinski definition) is 2. The van der Waals surface area contributed by atoms with E-state index in [0.29, 0.717) is 0 Å². The molecule has 15 heteroatoms. The molecule has 2 aliphatic rings. The van der Waals surface area contributed by atoms with Gasteiger partial charge in [-0.05, 0) is 36.3 Å². The van der Waals surface area contributed by atoms with E-state index < -0.39 is 56.7 Å². The summed E-state index contributed by atoms with van der Waals surface area (Å²) in [4.78, 5) is 12.2. The van der Waals surface area contributed by atoms with Crippen molar-refractivity contribution in [2.45, 2.75) is 102 Å². The number of nitrogens with one attached hydrogen (secondary N) is 1. The van der Waals surface area contributed by atoms with Gasteiger partial charge in [0, 0.05) is 7.05 Å². The van der Waals surface area contributed by atoms with Crippen LogP contribution < -0.4 is 11.1 Å². The Labute approximate surface area is 228 Å². The first-order valence-corrected chi connectivity index (χ1v) is 19.9. The van der Waals surface area contributed by atoms with Gasteiger partial charge in [-0.1, -0.05) is 46.8 Å². The molecule has 1 aromatic heterocycles. The molecule has 0 saturated carbocycles. The van der Waals surface area contributed by atoms with Gasteiger partial charge in [0.2, 0.25) is 0 Å². The Morgan fingerprint density at radius 1 is 1.16 bits per heavy atom. The first kappa shape index (κ1) is 30.9. The Morgan fingerprint density at radius 2 is 1.74 bits per heavy atom. The third-order valence-corrected chi connectivity index (χ3v) is 18.3. The maximum absolute atomic E-state index is 12.8. The molecular formula is C23H43N5O7SSi2. The Balaban J connectivity index is 2.16. The summed E-state index contributed by atoms with van der Waals surface area (Å²) < 4.78 is 52.5. The molecule has 2 unspecified atom stereocenters. The summed E-state index contributed by atoms with van der Waals surface area (Å²) in [7, 11) is -7.48. The highest BCUT2D eigenvalue weighted by Crippen LogP contribution is 2.52. The molecule has 0 aliphatic carbocycles. The number of carbonyl (C=O) groups excluding carboxylic acids is 1. The molecule has 1 spiro atoms. The fourth-order valence-corrected chi connectivity index (χ4v) is 7.34.